The first-order valence-corrected chi connectivity index (χ1v) is 9.79. The van der Waals surface area contributed by atoms with Crippen molar-refractivity contribution in [1.29, 1.82) is 0 Å². The van der Waals surface area contributed by atoms with E-state index >= 15 is 0 Å². The maximum absolute atomic E-state index is 13.4. The molecule has 0 radical (unpaired) electrons. The van der Waals surface area contributed by atoms with E-state index in [0.29, 0.717) is 33.3 Å². The third-order valence-corrected chi connectivity index (χ3v) is 5.26. The van der Waals surface area contributed by atoms with E-state index in [4.69, 9.17) is 11.6 Å². The standard InChI is InChI=1S/C24H19ClFN3O/c1-15-7-10-18(13-16(15)2)27-24(30)23-14-22(20-5-3-4-6-21(20)25)28-29(23)19-11-8-17(26)9-12-19/h3-14H,1-2H3,(H,27,30). The molecule has 4 rings (SSSR count). The Labute approximate surface area is 178 Å². The van der Waals surface area contributed by atoms with E-state index in [1.54, 1.807) is 24.3 Å². The number of amides is 1. The SMILES string of the molecule is Cc1ccc(NC(=O)c2cc(-c3ccccc3Cl)nn2-c2ccc(F)cc2)cc1C. The zero-order valence-corrected chi connectivity index (χ0v) is 17.2. The molecule has 1 aromatic heterocycles. The fourth-order valence-corrected chi connectivity index (χ4v) is 3.37. The molecule has 1 N–H and O–H groups in total. The molecule has 0 unspecified atom stereocenters. The first-order valence-electron chi connectivity index (χ1n) is 9.42. The Bertz CT molecular complexity index is 1230. The van der Waals surface area contributed by atoms with Gasteiger partial charge >= 0.3 is 0 Å². The topological polar surface area (TPSA) is 46.9 Å². The average molecular weight is 420 g/mol. The van der Waals surface area contributed by atoms with Crippen molar-refractivity contribution in [2.45, 2.75) is 13.8 Å². The van der Waals surface area contributed by atoms with Crippen LogP contribution in [0.25, 0.3) is 16.9 Å². The smallest absolute Gasteiger partial charge is 0.274 e. The Hall–Kier alpha value is -3.44. The maximum atomic E-state index is 13.4. The second-order valence-corrected chi connectivity index (χ2v) is 7.44. The van der Waals surface area contributed by atoms with Crippen LogP contribution in [-0.4, -0.2) is 15.7 Å². The van der Waals surface area contributed by atoms with E-state index in [1.165, 1.54) is 16.8 Å². The molecule has 0 spiro atoms. The van der Waals surface area contributed by atoms with E-state index in [1.807, 2.05) is 50.2 Å². The highest BCUT2D eigenvalue weighted by Crippen LogP contribution is 2.28. The first-order chi connectivity index (χ1) is 14.4. The highest BCUT2D eigenvalue weighted by Gasteiger charge is 2.19. The number of nitrogens with zero attached hydrogens (tertiary/aromatic N) is 2. The van der Waals surface area contributed by atoms with Crippen LogP contribution in [0, 0.1) is 19.7 Å². The molecule has 3 aromatic carbocycles. The molecule has 0 bridgehead atoms. The number of hydrogen-bond donors (Lipinski definition) is 1. The van der Waals surface area contributed by atoms with Gasteiger partial charge in [0.1, 0.15) is 11.5 Å². The summed E-state index contributed by atoms with van der Waals surface area (Å²) in [4.78, 5) is 13.1. The van der Waals surface area contributed by atoms with Crippen LogP contribution in [0.4, 0.5) is 10.1 Å². The molecule has 4 aromatic rings. The summed E-state index contributed by atoms with van der Waals surface area (Å²) in [6.45, 7) is 4.00. The molecule has 30 heavy (non-hydrogen) atoms. The van der Waals surface area contributed by atoms with Crippen LogP contribution in [0.2, 0.25) is 5.02 Å². The predicted molar refractivity (Wildman–Crippen MR) is 118 cm³/mol. The van der Waals surface area contributed by atoms with Crippen LogP contribution in [0.5, 0.6) is 0 Å². The van der Waals surface area contributed by atoms with E-state index in [2.05, 4.69) is 10.4 Å². The average Bonchev–Trinajstić information content (AvgIpc) is 3.17. The fourth-order valence-electron chi connectivity index (χ4n) is 3.14. The Balaban J connectivity index is 1.78. The molecule has 1 heterocycles. The Morgan fingerprint density at radius 3 is 2.40 bits per heavy atom. The number of carbonyl (C=O) groups is 1. The van der Waals surface area contributed by atoms with Crippen molar-refractivity contribution in [3.05, 3.63) is 100 Å². The second-order valence-electron chi connectivity index (χ2n) is 7.04. The van der Waals surface area contributed by atoms with Crippen molar-refractivity contribution in [3.63, 3.8) is 0 Å². The van der Waals surface area contributed by atoms with Crippen LogP contribution < -0.4 is 5.32 Å². The molecular formula is C24H19ClFN3O. The van der Waals surface area contributed by atoms with E-state index in [-0.39, 0.29) is 11.7 Å². The number of hydrogen-bond acceptors (Lipinski definition) is 2. The van der Waals surface area contributed by atoms with Crippen molar-refractivity contribution in [1.82, 2.24) is 9.78 Å². The van der Waals surface area contributed by atoms with Crippen LogP contribution in [-0.2, 0) is 0 Å². The summed E-state index contributed by atoms with van der Waals surface area (Å²) in [5.41, 5.74) is 5.06. The van der Waals surface area contributed by atoms with Crippen molar-refractivity contribution < 1.29 is 9.18 Å². The van der Waals surface area contributed by atoms with Gasteiger partial charge in [-0.1, -0.05) is 35.9 Å². The largest absolute Gasteiger partial charge is 0.321 e. The van der Waals surface area contributed by atoms with Crippen molar-refractivity contribution in [2.75, 3.05) is 5.32 Å². The number of anilines is 1. The minimum atomic E-state index is -0.363. The molecule has 0 saturated heterocycles. The molecule has 150 valence electrons. The summed E-state index contributed by atoms with van der Waals surface area (Å²) in [6.07, 6.45) is 0. The van der Waals surface area contributed by atoms with Gasteiger partial charge in [0.05, 0.1) is 16.4 Å². The lowest BCUT2D eigenvalue weighted by atomic mass is 10.1. The Kier molecular flexibility index (Phi) is 5.38. The molecule has 6 heteroatoms. The van der Waals surface area contributed by atoms with Gasteiger partial charge in [-0.2, -0.15) is 5.10 Å². The number of aryl methyl sites for hydroxylation is 2. The lowest BCUT2D eigenvalue weighted by Gasteiger charge is -2.10. The molecule has 0 saturated carbocycles. The number of rotatable bonds is 4. The maximum Gasteiger partial charge on any atom is 0.274 e. The van der Waals surface area contributed by atoms with Crippen molar-refractivity contribution in [2.24, 2.45) is 0 Å². The van der Waals surface area contributed by atoms with Gasteiger partial charge in [0.2, 0.25) is 0 Å². The van der Waals surface area contributed by atoms with Gasteiger partial charge in [-0.05, 0) is 73.5 Å². The van der Waals surface area contributed by atoms with Gasteiger partial charge in [-0.25, -0.2) is 9.07 Å². The molecule has 0 aliphatic rings. The Morgan fingerprint density at radius 1 is 0.967 bits per heavy atom. The second kappa shape index (κ2) is 8.13. The van der Waals surface area contributed by atoms with E-state index in [0.717, 1.165) is 11.1 Å². The first kappa shape index (κ1) is 19.9. The van der Waals surface area contributed by atoms with Crippen molar-refractivity contribution >= 4 is 23.2 Å². The molecule has 1 amide bonds. The summed E-state index contributed by atoms with van der Waals surface area (Å²) in [5, 5.41) is 8.03. The van der Waals surface area contributed by atoms with Crippen LogP contribution in [0.3, 0.4) is 0 Å². The van der Waals surface area contributed by atoms with Crippen LogP contribution in [0.1, 0.15) is 21.6 Å². The van der Waals surface area contributed by atoms with Crippen LogP contribution in [0.15, 0.2) is 72.8 Å². The summed E-state index contributed by atoms with van der Waals surface area (Å²) >= 11 is 6.33. The number of nitrogens with one attached hydrogen (secondary N) is 1. The van der Waals surface area contributed by atoms with Gasteiger partial charge in [0.25, 0.3) is 5.91 Å². The molecule has 0 atom stereocenters. The number of carbonyl (C=O) groups excluding carboxylic acids is 1. The highest BCUT2D eigenvalue weighted by molar-refractivity contribution is 6.33. The number of aromatic nitrogens is 2. The molecule has 0 aliphatic heterocycles. The minimum absolute atomic E-state index is 0.315. The molecule has 0 fully saturated rings. The van der Waals surface area contributed by atoms with Gasteiger partial charge in [-0.15, -0.1) is 0 Å². The summed E-state index contributed by atoms with van der Waals surface area (Å²) in [7, 11) is 0. The molecule has 4 nitrogen and oxygen atoms in total. The minimum Gasteiger partial charge on any atom is -0.321 e. The normalized spacial score (nSPS) is 10.8. The fraction of sp³-hybridized carbons (Fsp3) is 0.0833. The van der Waals surface area contributed by atoms with Crippen molar-refractivity contribution in [3.8, 4) is 16.9 Å². The quantitative estimate of drug-likeness (QED) is 0.428. The molecular weight excluding hydrogens is 401 g/mol. The monoisotopic (exact) mass is 419 g/mol. The molecule has 0 aliphatic carbocycles. The third-order valence-electron chi connectivity index (χ3n) is 4.93. The zero-order valence-electron chi connectivity index (χ0n) is 16.5. The van der Waals surface area contributed by atoms with Gasteiger partial charge in [0.15, 0.2) is 0 Å². The van der Waals surface area contributed by atoms with Gasteiger partial charge in [-0.3, -0.25) is 4.79 Å². The lowest BCUT2D eigenvalue weighted by Crippen LogP contribution is -2.17. The van der Waals surface area contributed by atoms with Gasteiger partial charge in [0, 0.05) is 11.3 Å². The van der Waals surface area contributed by atoms with Crippen LogP contribution >= 0.6 is 11.6 Å². The number of benzene rings is 3. The summed E-state index contributed by atoms with van der Waals surface area (Å²) in [5.74, 6) is -0.688. The van der Waals surface area contributed by atoms with Gasteiger partial charge < -0.3 is 5.32 Å². The zero-order chi connectivity index (χ0) is 21.3. The highest BCUT2D eigenvalue weighted by atomic mass is 35.5. The van der Waals surface area contributed by atoms with E-state index in [9.17, 15) is 9.18 Å². The Morgan fingerprint density at radius 2 is 1.70 bits per heavy atom. The lowest BCUT2D eigenvalue weighted by molar-refractivity contribution is 0.101. The van der Waals surface area contributed by atoms with E-state index < -0.39 is 0 Å². The summed E-state index contributed by atoms with van der Waals surface area (Å²) in [6, 6.07) is 20.5. The third kappa shape index (κ3) is 3.98. The summed E-state index contributed by atoms with van der Waals surface area (Å²) < 4.78 is 14.9. The number of halogens is 2. The predicted octanol–water partition coefficient (Wildman–Crippen LogP) is 6.20.